The van der Waals surface area contributed by atoms with Gasteiger partial charge in [-0.25, -0.2) is 4.39 Å². The molecule has 5 heteroatoms. The third kappa shape index (κ3) is 2.38. The molecule has 2 saturated heterocycles. The zero-order valence-electron chi connectivity index (χ0n) is 11.3. The lowest BCUT2D eigenvalue weighted by Gasteiger charge is -2.42. The van der Waals surface area contributed by atoms with E-state index in [1.165, 1.54) is 6.07 Å². The molecule has 0 saturated carbocycles. The fraction of sp³-hybridized carbons (Fsp3) is 0.533. The van der Waals surface area contributed by atoms with E-state index in [1.54, 1.807) is 12.1 Å². The number of aliphatic hydroxyl groups excluding tert-OH is 1. The molecule has 0 bridgehead atoms. The number of amides is 1. The highest BCUT2D eigenvalue weighted by Crippen LogP contribution is 2.32. The van der Waals surface area contributed by atoms with Crippen LogP contribution in [0.5, 0.6) is 0 Å². The first-order valence-electron chi connectivity index (χ1n) is 7.11. The van der Waals surface area contributed by atoms with Crippen molar-refractivity contribution in [1.82, 2.24) is 5.32 Å². The molecule has 2 heterocycles. The van der Waals surface area contributed by atoms with Gasteiger partial charge in [-0.1, -0.05) is 12.1 Å². The normalized spacial score (nSPS) is 26.1. The topological polar surface area (TPSA) is 52.6 Å². The number of fused-ring (bicyclic) bond motifs is 1. The third-order valence-corrected chi connectivity index (χ3v) is 4.38. The first kappa shape index (κ1) is 13.4. The van der Waals surface area contributed by atoms with E-state index in [0.29, 0.717) is 30.1 Å². The van der Waals surface area contributed by atoms with Crippen molar-refractivity contribution in [2.45, 2.75) is 31.9 Å². The Hall–Kier alpha value is -1.62. The molecule has 0 aliphatic carbocycles. The number of hydrogen-bond acceptors (Lipinski definition) is 3. The molecular formula is C15H19FN2O2. The second-order valence-electron chi connectivity index (χ2n) is 5.61. The highest BCUT2D eigenvalue weighted by Gasteiger charge is 2.34. The number of nitrogens with zero attached hydrogens (tertiary/aromatic N) is 1. The average Bonchev–Trinajstić information content (AvgIpc) is 2.46. The first-order valence-corrected chi connectivity index (χ1v) is 7.11. The largest absolute Gasteiger partial charge is 0.392 e. The molecule has 1 aromatic rings. The van der Waals surface area contributed by atoms with Crippen molar-refractivity contribution in [2.75, 3.05) is 18.0 Å². The number of piperidine rings is 2. The molecule has 4 nitrogen and oxygen atoms in total. The number of nitrogens with one attached hydrogen (secondary N) is 1. The molecule has 0 aromatic heterocycles. The van der Waals surface area contributed by atoms with E-state index in [4.69, 9.17) is 0 Å². The minimum absolute atomic E-state index is 0.127. The van der Waals surface area contributed by atoms with Gasteiger partial charge in [-0.05, 0) is 24.8 Å². The zero-order chi connectivity index (χ0) is 14.1. The van der Waals surface area contributed by atoms with E-state index >= 15 is 0 Å². The van der Waals surface area contributed by atoms with Gasteiger partial charge in [0.15, 0.2) is 0 Å². The summed E-state index contributed by atoms with van der Waals surface area (Å²) >= 11 is 0. The van der Waals surface area contributed by atoms with E-state index < -0.39 is 0 Å². The maximum absolute atomic E-state index is 14.1. The van der Waals surface area contributed by atoms with Gasteiger partial charge in [-0.15, -0.1) is 0 Å². The highest BCUT2D eigenvalue weighted by molar-refractivity contribution is 5.77. The number of aliphatic hydroxyl groups is 1. The fourth-order valence-electron chi connectivity index (χ4n) is 3.35. The van der Waals surface area contributed by atoms with Crippen molar-refractivity contribution in [2.24, 2.45) is 5.92 Å². The van der Waals surface area contributed by atoms with Crippen molar-refractivity contribution < 1.29 is 14.3 Å². The molecule has 1 amide bonds. The predicted molar refractivity (Wildman–Crippen MR) is 73.8 cm³/mol. The molecule has 2 N–H and O–H groups in total. The number of benzene rings is 1. The smallest absolute Gasteiger partial charge is 0.220 e. The quantitative estimate of drug-likeness (QED) is 0.860. The van der Waals surface area contributed by atoms with E-state index in [2.05, 4.69) is 5.32 Å². The molecule has 1 aromatic carbocycles. The number of hydrogen-bond donors (Lipinski definition) is 2. The summed E-state index contributed by atoms with van der Waals surface area (Å²) in [7, 11) is 0. The van der Waals surface area contributed by atoms with Gasteiger partial charge in [0.25, 0.3) is 0 Å². The van der Waals surface area contributed by atoms with Crippen LogP contribution in [0.25, 0.3) is 0 Å². The summed E-state index contributed by atoms with van der Waals surface area (Å²) in [6.07, 6.45) is 2.24. The molecule has 2 aliphatic heterocycles. The van der Waals surface area contributed by atoms with E-state index in [0.717, 1.165) is 19.4 Å². The summed E-state index contributed by atoms with van der Waals surface area (Å²) in [5.74, 6) is 0.212. The summed E-state index contributed by atoms with van der Waals surface area (Å²) in [6.45, 7) is 1.28. The SMILES string of the molecule is O=C1CCC2CN(c3c(F)cccc3CO)CCC2N1. The lowest BCUT2D eigenvalue weighted by molar-refractivity contribution is -0.124. The van der Waals surface area contributed by atoms with Crippen molar-refractivity contribution in [3.63, 3.8) is 0 Å². The summed E-state index contributed by atoms with van der Waals surface area (Å²) in [5.41, 5.74) is 1.15. The van der Waals surface area contributed by atoms with Crippen LogP contribution in [0.1, 0.15) is 24.8 Å². The van der Waals surface area contributed by atoms with Crippen molar-refractivity contribution >= 4 is 11.6 Å². The zero-order valence-corrected chi connectivity index (χ0v) is 11.3. The second-order valence-corrected chi connectivity index (χ2v) is 5.61. The van der Waals surface area contributed by atoms with Crippen LogP contribution in [0.4, 0.5) is 10.1 Å². The fourth-order valence-corrected chi connectivity index (χ4v) is 3.35. The maximum atomic E-state index is 14.1. The summed E-state index contributed by atoms with van der Waals surface area (Å²) in [5, 5.41) is 12.4. The van der Waals surface area contributed by atoms with Crippen LogP contribution in [0.3, 0.4) is 0 Å². The van der Waals surface area contributed by atoms with Crippen LogP contribution in [-0.2, 0) is 11.4 Å². The predicted octanol–water partition coefficient (Wildman–Crippen LogP) is 1.42. The Kier molecular flexibility index (Phi) is 3.61. The Morgan fingerprint density at radius 3 is 3.05 bits per heavy atom. The van der Waals surface area contributed by atoms with Crippen LogP contribution in [0.15, 0.2) is 18.2 Å². The Bertz CT molecular complexity index is 521. The Morgan fingerprint density at radius 1 is 1.40 bits per heavy atom. The molecule has 2 atom stereocenters. The van der Waals surface area contributed by atoms with E-state index in [9.17, 15) is 14.3 Å². The van der Waals surface area contributed by atoms with Gasteiger partial charge in [0, 0.05) is 31.1 Å². The molecule has 0 radical (unpaired) electrons. The molecule has 2 aliphatic rings. The molecule has 108 valence electrons. The van der Waals surface area contributed by atoms with Gasteiger partial charge >= 0.3 is 0 Å². The molecule has 0 spiro atoms. The lowest BCUT2D eigenvalue weighted by Crippen LogP contribution is -2.54. The number of para-hydroxylation sites is 1. The van der Waals surface area contributed by atoms with E-state index in [1.807, 2.05) is 4.90 Å². The number of carbonyl (C=O) groups excluding carboxylic acids is 1. The summed E-state index contributed by atoms with van der Waals surface area (Å²) in [4.78, 5) is 13.4. The van der Waals surface area contributed by atoms with Crippen molar-refractivity contribution in [3.8, 4) is 0 Å². The Labute approximate surface area is 117 Å². The van der Waals surface area contributed by atoms with Crippen LogP contribution in [0.2, 0.25) is 0 Å². The van der Waals surface area contributed by atoms with Gasteiger partial charge in [0.1, 0.15) is 5.82 Å². The summed E-state index contributed by atoms with van der Waals surface area (Å²) in [6, 6.07) is 5.03. The molecular weight excluding hydrogens is 259 g/mol. The van der Waals surface area contributed by atoms with Crippen LogP contribution in [0, 0.1) is 11.7 Å². The molecule has 20 heavy (non-hydrogen) atoms. The highest BCUT2D eigenvalue weighted by atomic mass is 19.1. The van der Waals surface area contributed by atoms with Gasteiger partial charge in [0.2, 0.25) is 5.91 Å². The Morgan fingerprint density at radius 2 is 2.25 bits per heavy atom. The van der Waals surface area contributed by atoms with Gasteiger partial charge < -0.3 is 15.3 Å². The van der Waals surface area contributed by atoms with Gasteiger partial charge in [-0.2, -0.15) is 0 Å². The first-order chi connectivity index (χ1) is 9.69. The molecule has 3 rings (SSSR count). The third-order valence-electron chi connectivity index (χ3n) is 4.38. The standard InChI is InChI=1S/C15H19FN2O2/c16-12-3-1-2-11(9-19)15(12)18-7-6-13-10(8-18)4-5-14(20)17-13/h1-3,10,13,19H,4-9H2,(H,17,20). The van der Waals surface area contributed by atoms with Gasteiger partial charge in [-0.3, -0.25) is 4.79 Å². The van der Waals surface area contributed by atoms with Crippen LogP contribution in [-0.4, -0.2) is 30.1 Å². The summed E-state index contributed by atoms with van der Waals surface area (Å²) < 4.78 is 14.1. The van der Waals surface area contributed by atoms with Crippen molar-refractivity contribution in [1.29, 1.82) is 0 Å². The van der Waals surface area contributed by atoms with Crippen LogP contribution < -0.4 is 10.2 Å². The minimum atomic E-state index is -0.283. The molecule has 2 unspecified atom stereocenters. The lowest BCUT2D eigenvalue weighted by atomic mass is 9.85. The number of rotatable bonds is 2. The average molecular weight is 278 g/mol. The molecule has 2 fully saturated rings. The van der Waals surface area contributed by atoms with Gasteiger partial charge in [0.05, 0.1) is 12.3 Å². The van der Waals surface area contributed by atoms with Crippen LogP contribution >= 0.6 is 0 Å². The number of anilines is 1. The van der Waals surface area contributed by atoms with E-state index in [-0.39, 0.29) is 24.4 Å². The number of carbonyl (C=O) groups is 1. The monoisotopic (exact) mass is 278 g/mol. The Balaban J connectivity index is 1.81. The maximum Gasteiger partial charge on any atom is 0.220 e. The minimum Gasteiger partial charge on any atom is -0.392 e. The second kappa shape index (κ2) is 5.40. The number of halogens is 1. The van der Waals surface area contributed by atoms with Crippen molar-refractivity contribution in [3.05, 3.63) is 29.6 Å².